The SMILES string of the molecule is C=CCCNC(=O)c1cc(N)c[nH]1. The van der Waals surface area contributed by atoms with Gasteiger partial charge in [0.25, 0.3) is 5.91 Å². The Hall–Kier alpha value is -1.71. The number of aromatic amines is 1. The molecular formula is C9H13N3O. The highest BCUT2D eigenvalue weighted by atomic mass is 16.1. The molecule has 0 saturated carbocycles. The van der Waals surface area contributed by atoms with Gasteiger partial charge in [-0.2, -0.15) is 0 Å². The maximum Gasteiger partial charge on any atom is 0.267 e. The van der Waals surface area contributed by atoms with E-state index in [-0.39, 0.29) is 5.91 Å². The minimum atomic E-state index is -0.140. The van der Waals surface area contributed by atoms with Gasteiger partial charge < -0.3 is 16.0 Å². The molecule has 0 aromatic carbocycles. The maximum absolute atomic E-state index is 11.3. The number of nitrogens with two attached hydrogens (primary N) is 1. The number of nitrogens with one attached hydrogen (secondary N) is 2. The highest BCUT2D eigenvalue weighted by molar-refractivity contribution is 5.93. The Labute approximate surface area is 76.8 Å². The average Bonchev–Trinajstić information content (AvgIpc) is 2.52. The summed E-state index contributed by atoms with van der Waals surface area (Å²) < 4.78 is 0. The molecule has 1 rings (SSSR count). The molecule has 0 fully saturated rings. The molecule has 4 heteroatoms. The first-order chi connectivity index (χ1) is 6.24. The lowest BCUT2D eigenvalue weighted by molar-refractivity contribution is 0.0950. The van der Waals surface area contributed by atoms with Gasteiger partial charge in [0.1, 0.15) is 5.69 Å². The van der Waals surface area contributed by atoms with Crippen molar-refractivity contribution in [2.75, 3.05) is 12.3 Å². The van der Waals surface area contributed by atoms with Crippen LogP contribution in [-0.4, -0.2) is 17.4 Å². The summed E-state index contributed by atoms with van der Waals surface area (Å²) in [5.74, 6) is -0.140. The smallest absolute Gasteiger partial charge is 0.267 e. The van der Waals surface area contributed by atoms with Crippen LogP contribution < -0.4 is 11.1 Å². The van der Waals surface area contributed by atoms with E-state index in [1.807, 2.05) is 0 Å². The van der Waals surface area contributed by atoms with Crippen LogP contribution in [0.4, 0.5) is 5.69 Å². The molecule has 0 spiro atoms. The maximum atomic E-state index is 11.3. The van der Waals surface area contributed by atoms with Crippen molar-refractivity contribution >= 4 is 11.6 Å². The number of amides is 1. The van der Waals surface area contributed by atoms with Crippen molar-refractivity contribution in [3.63, 3.8) is 0 Å². The lowest BCUT2D eigenvalue weighted by atomic mass is 10.3. The van der Waals surface area contributed by atoms with E-state index in [1.165, 1.54) is 0 Å². The predicted molar refractivity (Wildman–Crippen MR) is 52.4 cm³/mol. The van der Waals surface area contributed by atoms with Gasteiger partial charge in [0, 0.05) is 18.4 Å². The standard InChI is InChI=1S/C9H13N3O/c1-2-3-4-11-9(13)8-5-7(10)6-12-8/h2,5-6,12H,1,3-4,10H2,(H,11,13). The number of hydrogen-bond donors (Lipinski definition) is 3. The topological polar surface area (TPSA) is 70.9 Å². The van der Waals surface area contributed by atoms with Gasteiger partial charge in [-0.15, -0.1) is 6.58 Å². The second-order valence-electron chi connectivity index (χ2n) is 2.68. The second-order valence-corrected chi connectivity index (χ2v) is 2.68. The molecule has 0 radical (unpaired) electrons. The molecule has 0 saturated heterocycles. The van der Waals surface area contributed by atoms with Gasteiger partial charge in [0.15, 0.2) is 0 Å². The van der Waals surface area contributed by atoms with E-state index >= 15 is 0 Å². The molecule has 70 valence electrons. The Balaban J connectivity index is 2.44. The van der Waals surface area contributed by atoms with Gasteiger partial charge in [-0.3, -0.25) is 4.79 Å². The van der Waals surface area contributed by atoms with Crippen LogP contribution in [0.25, 0.3) is 0 Å². The first-order valence-electron chi connectivity index (χ1n) is 4.07. The van der Waals surface area contributed by atoms with Crippen LogP contribution in [0.15, 0.2) is 24.9 Å². The zero-order chi connectivity index (χ0) is 9.68. The molecule has 1 heterocycles. The van der Waals surface area contributed by atoms with Gasteiger partial charge in [-0.1, -0.05) is 6.08 Å². The van der Waals surface area contributed by atoms with Gasteiger partial charge in [0.2, 0.25) is 0 Å². The van der Waals surface area contributed by atoms with E-state index in [1.54, 1.807) is 18.3 Å². The Kier molecular flexibility index (Phi) is 3.14. The molecular weight excluding hydrogens is 166 g/mol. The number of carbonyl (C=O) groups excluding carboxylic acids is 1. The molecule has 1 amide bonds. The highest BCUT2D eigenvalue weighted by Crippen LogP contribution is 2.03. The highest BCUT2D eigenvalue weighted by Gasteiger charge is 2.05. The second kappa shape index (κ2) is 4.35. The Morgan fingerprint density at radius 1 is 1.77 bits per heavy atom. The van der Waals surface area contributed by atoms with Crippen molar-refractivity contribution in [1.82, 2.24) is 10.3 Å². The molecule has 4 N–H and O–H groups in total. The third kappa shape index (κ3) is 2.66. The monoisotopic (exact) mass is 179 g/mol. The number of carbonyl (C=O) groups is 1. The van der Waals surface area contributed by atoms with Crippen molar-refractivity contribution in [2.45, 2.75) is 6.42 Å². The minimum Gasteiger partial charge on any atom is -0.397 e. The molecule has 0 unspecified atom stereocenters. The van der Waals surface area contributed by atoms with Crippen molar-refractivity contribution in [2.24, 2.45) is 0 Å². The first-order valence-corrected chi connectivity index (χ1v) is 4.07. The van der Waals surface area contributed by atoms with E-state index in [0.717, 1.165) is 6.42 Å². The van der Waals surface area contributed by atoms with Crippen LogP contribution in [-0.2, 0) is 0 Å². The van der Waals surface area contributed by atoms with Crippen molar-refractivity contribution in [3.05, 3.63) is 30.6 Å². The largest absolute Gasteiger partial charge is 0.397 e. The lowest BCUT2D eigenvalue weighted by Crippen LogP contribution is -2.24. The van der Waals surface area contributed by atoms with Crippen molar-refractivity contribution < 1.29 is 4.79 Å². The van der Waals surface area contributed by atoms with Gasteiger partial charge in [-0.05, 0) is 12.5 Å². The van der Waals surface area contributed by atoms with Crippen LogP contribution in [0, 0.1) is 0 Å². The Morgan fingerprint density at radius 2 is 2.54 bits per heavy atom. The summed E-state index contributed by atoms with van der Waals surface area (Å²) in [4.78, 5) is 14.1. The number of rotatable bonds is 4. The number of aromatic nitrogens is 1. The van der Waals surface area contributed by atoms with E-state index in [2.05, 4.69) is 16.9 Å². The zero-order valence-corrected chi connectivity index (χ0v) is 7.34. The van der Waals surface area contributed by atoms with E-state index < -0.39 is 0 Å². The first kappa shape index (κ1) is 9.38. The Morgan fingerprint density at radius 3 is 3.08 bits per heavy atom. The molecule has 0 atom stereocenters. The molecule has 4 nitrogen and oxygen atoms in total. The van der Waals surface area contributed by atoms with Gasteiger partial charge in [-0.25, -0.2) is 0 Å². The molecule has 1 aromatic rings. The van der Waals surface area contributed by atoms with Crippen LogP contribution in [0.5, 0.6) is 0 Å². The normalized spacial score (nSPS) is 9.54. The summed E-state index contributed by atoms with van der Waals surface area (Å²) in [5, 5.41) is 2.72. The summed E-state index contributed by atoms with van der Waals surface area (Å²) in [6.07, 6.45) is 4.10. The van der Waals surface area contributed by atoms with Crippen LogP contribution in [0.3, 0.4) is 0 Å². The Bertz CT molecular complexity index is 304. The summed E-state index contributed by atoms with van der Waals surface area (Å²) in [7, 11) is 0. The molecule has 0 aliphatic carbocycles. The summed E-state index contributed by atoms with van der Waals surface area (Å²) in [6.45, 7) is 4.15. The molecule has 0 bridgehead atoms. The number of H-pyrrole nitrogens is 1. The van der Waals surface area contributed by atoms with Gasteiger partial charge >= 0.3 is 0 Å². The number of nitrogen functional groups attached to an aromatic ring is 1. The number of anilines is 1. The summed E-state index contributed by atoms with van der Waals surface area (Å²) >= 11 is 0. The lowest BCUT2D eigenvalue weighted by Gasteiger charge is -1.99. The van der Waals surface area contributed by atoms with Gasteiger partial charge in [0.05, 0.1) is 0 Å². The van der Waals surface area contributed by atoms with Crippen LogP contribution in [0.2, 0.25) is 0 Å². The molecule has 0 aliphatic heterocycles. The third-order valence-corrected chi connectivity index (χ3v) is 1.58. The van der Waals surface area contributed by atoms with Crippen molar-refractivity contribution in [1.29, 1.82) is 0 Å². The quantitative estimate of drug-likeness (QED) is 0.474. The molecule has 13 heavy (non-hydrogen) atoms. The fourth-order valence-corrected chi connectivity index (χ4v) is 0.925. The fraction of sp³-hybridized carbons (Fsp3) is 0.222. The van der Waals surface area contributed by atoms with E-state index in [4.69, 9.17) is 5.73 Å². The van der Waals surface area contributed by atoms with E-state index in [0.29, 0.717) is 17.9 Å². The predicted octanol–water partition coefficient (Wildman–Crippen LogP) is 0.903. The average molecular weight is 179 g/mol. The van der Waals surface area contributed by atoms with Crippen LogP contribution >= 0.6 is 0 Å². The third-order valence-electron chi connectivity index (χ3n) is 1.58. The van der Waals surface area contributed by atoms with Crippen molar-refractivity contribution in [3.8, 4) is 0 Å². The molecule has 1 aromatic heterocycles. The summed E-state index contributed by atoms with van der Waals surface area (Å²) in [6, 6.07) is 1.60. The number of hydrogen-bond acceptors (Lipinski definition) is 2. The molecule has 0 aliphatic rings. The minimum absolute atomic E-state index is 0.140. The van der Waals surface area contributed by atoms with E-state index in [9.17, 15) is 4.79 Å². The fourth-order valence-electron chi connectivity index (χ4n) is 0.925. The zero-order valence-electron chi connectivity index (χ0n) is 7.34. The summed E-state index contributed by atoms with van der Waals surface area (Å²) in [5.41, 5.74) is 6.50. The van der Waals surface area contributed by atoms with Crippen LogP contribution in [0.1, 0.15) is 16.9 Å².